The summed E-state index contributed by atoms with van der Waals surface area (Å²) in [6, 6.07) is 7.45. The summed E-state index contributed by atoms with van der Waals surface area (Å²) < 4.78 is 37.9. The first kappa shape index (κ1) is 14.4. The predicted molar refractivity (Wildman–Crippen MR) is 67.5 cm³/mol. The minimum atomic E-state index is -4.26. The average molecular weight is 285 g/mol. The lowest BCUT2D eigenvalue weighted by molar-refractivity contribution is -0.134. The van der Waals surface area contributed by atoms with Crippen molar-refractivity contribution in [3.63, 3.8) is 0 Å². The molecule has 0 atom stereocenters. The van der Waals surface area contributed by atoms with Gasteiger partial charge < -0.3 is 0 Å². The summed E-state index contributed by atoms with van der Waals surface area (Å²) in [4.78, 5) is 11.6. The fourth-order valence-corrected chi connectivity index (χ4v) is 1.95. The topological polar surface area (TPSA) is 50.7 Å². The van der Waals surface area contributed by atoms with Crippen molar-refractivity contribution in [1.29, 1.82) is 0 Å². The second-order valence-corrected chi connectivity index (χ2v) is 4.64. The molecule has 0 bridgehead atoms. The van der Waals surface area contributed by atoms with Gasteiger partial charge >= 0.3 is 11.9 Å². The predicted octanol–water partition coefficient (Wildman–Crippen LogP) is 2.42. The number of aromatic nitrogens is 3. The monoisotopic (exact) mass is 285 g/mol. The molecule has 0 radical (unpaired) electrons. The van der Waals surface area contributed by atoms with Crippen molar-refractivity contribution >= 4 is 0 Å². The zero-order valence-electron chi connectivity index (χ0n) is 10.9. The molecule has 0 aliphatic carbocycles. The molecule has 0 aliphatic heterocycles. The Morgan fingerprint density at radius 2 is 2.10 bits per heavy atom. The van der Waals surface area contributed by atoms with Crippen LogP contribution in [0.4, 0.5) is 13.2 Å². The Kier molecular flexibility index (Phi) is 3.96. The van der Waals surface area contributed by atoms with Crippen molar-refractivity contribution in [2.45, 2.75) is 32.5 Å². The van der Waals surface area contributed by atoms with Gasteiger partial charge in [-0.2, -0.15) is 18.3 Å². The highest BCUT2D eigenvalue weighted by atomic mass is 19.4. The van der Waals surface area contributed by atoms with E-state index in [4.69, 9.17) is 0 Å². The number of benzene rings is 1. The lowest BCUT2D eigenvalue weighted by Gasteiger charge is -2.08. The van der Waals surface area contributed by atoms with Crippen LogP contribution in [0.1, 0.15) is 23.4 Å². The lowest BCUT2D eigenvalue weighted by Crippen LogP contribution is -2.20. The SMILES string of the molecule is Cc1cccc(Cn2c(CCC(F)(F)F)n[nH]c2=O)c1. The minimum absolute atomic E-state index is 0.119. The lowest BCUT2D eigenvalue weighted by atomic mass is 10.1. The van der Waals surface area contributed by atoms with Crippen LogP contribution >= 0.6 is 0 Å². The highest BCUT2D eigenvalue weighted by Crippen LogP contribution is 2.21. The maximum absolute atomic E-state index is 12.2. The molecule has 0 aliphatic rings. The molecule has 2 rings (SSSR count). The second-order valence-electron chi connectivity index (χ2n) is 4.64. The van der Waals surface area contributed by atoms with Crippen LogP contribution in [-0.2, 0) is 13.0 Å². The van der Waals surface area contributed by atoms with E-state index in [1.54, 1.807) is 0 Å². The van der Waals surface area contributed by atoms with E-state index in [1.165, 1.54) is 4.57 Å². The van der Waals surface area contributed by atoms with Crippen LogP contribution in [0, 0.1) is 6.92 Å². The van der Waals surface area contributed by atoms with Gasteiger partial charge in [-0.25, -0.2) is 9.89 Å². The number of nitrogens with zero attached hydrogens (tertiary/aromatic N) is 2. The van der Waals surface area contributed by atoms with Crippen molar-refractivity contribution < 1.29 is 13.2 Å². The van der Waals surface area contributed by atoms with Crippen LogP contribution in [0.15, 0.2) is 29.1 Å². The number of aromatic amines is 1. The Bertz CT molecular complexity index is 643. The quantitative estimate of drug-likeness (QED) is 0.938. The van der Waals surface area contributed by atoms with Gasteiger partial charge in [0.15, 0.2) is 0 Å². The summed E-state index contributed by atoms with van der Waals surface area (Å²) in [6.07, 6.45) is -5.57. The standard InChI is InChI=1S/C13H14F3N3O/c1-9-3-2-4-10(7-9)8-19-11(17-18-12(19)20)5-6-13(14,15)16/h2-4,7H,5-6,8H2,1H3,(H,18,20). The fraction of sp³-hybridized carbons (Fsp3) is 0.385. The fourth-order valence-electron chi connectivity index (χ4n) is 1.95. The zero-order valence-corrected chi connectivity index (χ0v) is 10.9. The minimum Gasteiger partial charge on any atom is -0.275 e. The highest BCUT2D eigenvalue weighted by Gasteiger charge is 2.27. The molecular formula is C13H14F3N3O. The molecule has 20 heavy (non-hydrogen) atoms. The summed E-state index contributed by atoms with van der Waals surface area (Å²) in [5, 5.41) is 5.86. The van der Waals surface area contributed by atoms with E-state index >= 15 is 0 Å². The molecule has 108 valence electrons. The van der Waals surface area contributed by atoms with Gasteiger partial charge in [0.2, 0.25) is 0 Å². The molecule has 4 nitrogen and oxygen atoms in total. The van der Waals surface area contributed by atoms with E-state index in [0.29, 0.717) is 0 Å². The Hall–Kier alpha value is -2.05. The van der Waals surface area contributed by atoms with Crippen molar-refractivity contribution in [3.8, 4) is 0 Å². The molecule has 0 spiro atoms. The smallest absolute Gasteiger partial charge is 0.275 e. The van der Waals surface area contributed by atoms with Crippen molar-refractivity contribution in [2.75, 3.05) is 0 Å². The summed E-state index contributed by atoms with van der Waals surface area (Å²) in [7, 11) is 0. The Balaban J connectivity index is 2.19. The molecule has 1 aromatic carbocycles. The van der Waals surface area contributed by atoms with Gasteiger partial charge in [0.05, 0.1) is 13.0 Å². The Morgan fingerprint density at radius 1 is 1.35 bits per heavy atom. The molecule has 1 N–H and O–H groups in total. The number of rotatable bonds is 4. The third-order valence-corrected chi connectivity index (χ3v) is 2.89. The number of halogens is 3. The van der Waals surface area contributed by atoms with Gasteiger partial charge in [0.1, 0.15) is 5.82 Å². The van der Waals surface area contributed by atoms with Gasteiger partial charge in [-0.05, 0) is 12.5 Å². The Morgan fingerprint density at radius 3 is 2.75 bits per heavy atom. The summed E-state index contributed by atoms with van der Waals surface area (Å²) in [6.45, 7) is 2.12. The maximum atomic E-state index is 12.2. The summed E-state index contributed by atoms with van der Waals surface area (Å²) >= 11 is 0. The second kappa shape index (κ2) is 5.52. The number of H-pyrrole nitrogens is 1. The van der Waals surface area contributed by atoms with E-state index < -0.39 is 18.3 Å². The number of nitrogens with one attached hydrogen (secondary N) is 1. The van der Waals surface area contributed by atoms with Gasteiger partial charge in [-0.15, -0.1) is 0 Å². The summed E-state index contributed by atoms with van der Waals surface area (Å²) in [5.74, 6) is 0.119. The van der Waals surface area contributed by atoms with Crippen molar-refractivity contribution in [1.82, 2.24) is 14.8 Å². The van der Waals surface area contributed by atoms with Crippen LogP contribution in [-0.4, -0.2) is 20.9 Å². The zero-order chi connectivity index (χ0) is 14.8. The van der Waals surface area contributed by atoms with Crippen LogP contribution < -0.4 is 5.69 Å². The maximum Gasteiger partial charge on any atom is 0.389 e. The molecule has 0 fully saturated rings. The van der Waals surface area contributed by atoms with E-state index in [0.717, 1.165) is 11.1 Å². The molecule has 7 heteroatoms. The van der Waals surface area contributed by atoms with E-state index in [9.17, 15) is 18.0 Å². The first-order chi connectivity index (χ1) is 9.35. The van der Waals surface area contributed by atoms with E-state index in [-0.39, 0.29) is 18.8 Å². The summed E-state index contributed by atoms with van der Waals surface area (Å²) in [5.41, 5.74) is 1.38. The van der Waals surface area contributed by atoms with Gasteiger partial charge in [-0.1, -0.05) is 29.8 Å². The van der Waals surface area contributed by atoms with Crippen LogP contribution in [0.5, 0.6) is 0 Å². The largest absolute Gasteiger partial charge is 0.389 e. The first-order valence-corrected chi connectivity index (χ1v) is 6.11. The number of hydrogen-bond donors (Lipinski definition) is 1. The van der Waals surface area contributed by atoms with Gasteiger partial charge in [0, 0.05) is 6.42 Å². The molecule has 0 saturated heterocycles. The third kappa shape index (κ3) is 3.72. The third-order valence-electron chi connectivity index (χ3n) is 2.89. The van der Waals surface area contributed by atoms with Gasteiger partial charge in [0.25, 0.3) is 0 Å². The molecule has 0 unspecified atom stereocenters. The molecule has 0 saturated carbocycles. The van der Waals surface area contributed by atoms with Crippen molar-refractivity contribution in [3.05, 3.63) is 51.7 Å². The average Bonchev–Trinajstić information content (AvgIpc) is 2.68. The van der Waals surface area contributed by atoms with E-state index in [1.807, 2.05) is 31.2 Å². The van der Waals surface area contributed by atoms with Crippen LogP contribution in [0.2, 0.25) is 0 Å². The van der Waals surface area contributed by atoms with Crippen LogP contribution in [0.3, 0.4) is 0 Å². The highest BCUT2D eigenvalue weighted by molar-refractivity contribution is 5.22. The molecule has 1 aromatic heterocycles. The number of aryl methyl sites for hydroxylation is 2. The van der Waals surface area contributed by atoms with Crippen molar-refractivity contribution in [2.24, 2.45) is 0 Å². The molecule has 1 heterocycles. The van der Waals surface area contributed by atoms with Crippen LogP contribution in [0.25, 0.3) is 0 Å². The molecular weight excluding hydrogens is 271 g/mol. The van der Waals surface area contributed by atoms with E-state index in [2.05, 4.69) is 10.2 Å². The van der Waals surface area contributed by atoms with Gasteiger partial charge in [-0.3, -0.25) is 4.57 Å². The normalized spacial score (nSPS) is 11.8. The number of alkyl halides is 3. The number of hydrogen-bond acceptors (Lipinski definition) is 2. The Labute approximate surface area is 113 Å². The first-order valence-electron chi connectivity index (χ1n) is 6.11. The molecule has 0 amide bonds. The molecule has 2 aromatic rings.